The maximum Gasteiger partial charge on any atom is 0.294 e. The highest BCUT2D eigenvalue weighted by molar-refractivity contribution is 7.94. The molecular formula is C18H12F2O6S2. The zero-order valence-corrected chi connectivity index (χ0v) is 15.5. The van der Waals surface area contributed by atoms with Gasteiger partial charge in [0, 0.05) is 4.90 Å². The normalized spacial score (nSPS) is 11.6. The summed E-state index contributed by atoms with van der Waals surface area (Å²) in [6.45, 7) is 0. The van der Waals surface area contributed by atoms with Crippen molar-refractivity contribution in [3.63, 3.8) is 0 Å². The summed E-state index contributed by atoms with van der Waals surface area (Å²) in [6.07, 6.45) is 0. The zero-order chi connectivity index (χ0) is 20.3. The first-order chi connectivity index (χ1) is 13.3. The molecule has 0 spiro atoms. The summed E-state index contributed by atoms with van der Waals surface area (Å²) >= 11 is 0.748. The van der Waals surface area contributed by atoms with Gasteiger partial charge >= 0.3 is 0 Å². The quantitative estimate of drug-likeness (QED) is 0.249. The monoisotopic (exact) mass is 426 g/mol. The van der Waals surface area contributed by atoms with Crippen molar-refractivity contribution in [3.8, 4) is 22.3 Å². The second kappa shape index (κ2) is 8.35. The van der Waals surface area contributed by atoms with Crippen molar-refractivity contribution < 1.29 is 36.4 Å². The lowest BCUT2D eigenvalue weighted by Crippen LogP contribution is -1.97. The Bertz CT molecular complexity index is 1080. The van der Waals surface area contributed by atoms with Gasteiger partial charge in [0.05, 0.1) is 16.9 Å². The summed E-state index contributed by atoms with van der Waals surface area (Å²) in [4.78, 5) is 0.271. The summed E-state index contributed by atoms with van der Waals surface area (Å²) < 4.78 is 63.5. The molecule has 28 heavy (non-hydrogen) atoms. The largest absolute Gasteiger partial charge is 0.294 e. The van der Waals surface area contributed by atoms with Crippen LogP contribution < -0.4 is 0 Å². The number of halogens is 2. The summed E-state index contributed by atoms with van der Waals surface area (Å²) in [5.41, 5.74) is 1.68. The molecular weight excluding hydrogens is 414 g/mol. The molecule has 3 aromatic carbocycles. The van der Waals surface area contributed by atoms with Crippen molar-refractivity contribution in [2.24, 2.45) is 0 Å². The van der Waals surface area contributed by atoms with Gasteiger partial charge in [-0.2, -0.15) is 8.42 Å². The van der Waals surface area contributed by atoms with E-state index in [4.69, 9.17) is 9.81 Å². The van der Waals surface area contributed by atoms with E-state index in [0.717, 1.165) is 24.2 Å². The molecule has 0 amide bonds. The van der Waals surface area contributed by atoms with Crippen LogP contribution >= 0.6 is 12.0 Å². The molecule has 0 bridgehead atoms. The molecule has 0 fully saturated rings. The Labute approximate surface area is 163 Å². The fourth-order valence-electron chi connectivity index (χ4n) is 2.58. The molecule has 0 aromatic heterocycles. The van der Waals surface area contributed by atoms with Crippen molar-refractivity contribution in [2.75, 3.05) is 0 Å². The Morgan fingerprint density at radius 3 is 1.71 bits per heavy atom. The fraction of sp³-hybridized carbons (Fsp3) is 0. The Kier molecular flexibility index (Phi) is 6.08. The molecule has 10 heteroatoms. The molecule has 3 rings (SSSR count). The van der Waals surface area contributed by atoms with Crippen molar-refractivity contribution in [1.82, 2.24) is 0 Å². The van der Waals surface area contributed by atoms with E-state index >= 15 is 0 Å². The van der Waals surface area contributed by atoms with Crippen LogP contribution in [0.3, 0.4) is 0 Å². The lowest BCUT2D eigenvalue weighted by atomic mass is 9.94. The maximum absolute atomic E-state index is 13.9. The third kappa shape index (κ3) is 4.55. The minimum absolute atomic E-state index is 0.312. The fourth-order valence-corrected chi connectivity index (χ4v) is 3.41. The summed E-state index contributed by atoms with van der Waals surface area (Å²) in [6, 6.07) is 13.7. The zero-order valence-electron chi connectivity index (χ0n) is 13.9. The van der Waals surface area contributed by atoms with Crippen LogP contribution in [-0.2, 0) is 19.5 Å². The van der Waals surface area contributed by atoms with Crippen LogP contribution in [0.2, 0.25) is 0 Å². The van der Waals surface area contributed by atoms with Crippen LogP contribution in [0.1, 0.15) is 0 Å². The molecule has 0 atom stereocenters. The van der Waals surface area contributed by atoms with Gasteiger partial charge in [-0.05, 0) is 58.7 Å². The van der Waals surface area contributed by atoms with E-state index in [9.17, 15) is 17.2 Å². The molecule has 0 aliphatic heterocycles. The maximum atomic E-state index is 13.9. The predicted molar refractivity (Wildman–Crippen MR) is 97.7 cm³/mol. The number of benzene rings is 3. The van der Waals surface area contributed by atoms with Crippen LogP contribution in [0, 0.1) is 11.6 Å². The average Bonchev–Trinajstić information content (AvgIpc) is 2.68. The molecule has 0 radical (unpaired) electrons. The molecule has 2 N–H and O–H groups in total. The van der Waals surface area contributed by atoms with Crippen molar-refractivity contribution >= 4 is 22.2 Å². The summed E-state index contributed by atoms with van der Waals surface area (Å²) in [5.74, 6) is -2.10. The molecule has 0 unspecified atom stereocenters. The van der Waals surface area contributed by atoms with Gasteiger partial charge in [0.25, 0.3) is 10.1 Å². The van der Waals surface area contributed by atoms with Crippen molar-refractivity contribution in [2.45, 2.75) is 9.79 Å². The first-order valence-corrected chi connectivity index (χ1v) is 9.80. The SMILES string of the molecule is O=S(=O)(O)c1ccc(-c2cc(F)c(F)cc2-c2ccc(SOOO)cc2)cc1. The van der Waals surface area contributed by atoms with E-state index in [2.05, 4.69) is 9.37 Å². The first kappa shape index (κ1) is 20.4. The molecule has 0 saturated heterocycles. The molecule has 146 valence electrons. The second-order valence-corrected chi connectivity index (χ2v) is 7.76. The number of hydrogen-bond acceptors (Lipinski definition) is 6. The van der Waals surface area contributed by atoms with Crippen LogP contribution in [0.25, 0.3) is 22.3 Å². The van der Waals surface area contributed by atoms with E-state index in [0.29, 0.717) is 27.1 Å². The predicted octanol–water partition coefficient (Wildman–Crippen LogP) is 4.97. The Morgan fingerprint density at radius 1 is 0.821 bits per heavy atom. The topological polar surface area (TPSA) is 93.1 Å². The highest BCUT2D eigenvalue weighted by Gasteiger charge is 2.15. The van der Waals surface area contributed by atoms with Gasteiger partial charge in [0.1, 0.15) is 0 Å². The minimum atomic E-state index is -4.37. The summed E-state index contributed by atoms with van der Waals surface area (Å²) in [7, 11) is -4.37. The second-order valence-electron chi connectivity index (χ2n) is 5.56. The van der Waals surface area contributed by atoms with Gasteiger partial charge in [0.2, 0.25) is 0 Å². The van der Waals surface area contributed by atoms with E-state index in [1.165, 1.54) is 24.3 Å². The van der Waals surface area contributed by atoms with Crippen LogP contribution in [0.15, 0.2) is 70.5 Å². The van der Waals surface area contributed by atoms with Gasteiger partial charge in [-0.3, -0.25) is 4.55 Å². The Balaban J connectivity index is 2.06. The third-order valence-electron chi connectivity index (χ3n) is 3.85. The van der Waals surface area contributed by atoms with Gasteiger partial charge in [-0.25, -0.2) is 14.0 Å². The van der Waals surface area contributed by atoms with E-state index < -0.39 is 21.8 Å². The number of hydrogen-bond donors (Lipinski definition) is 2. The molecule has 0 aliphatic rings. The van der Waals surface area contributed by atoms with E-state index in [1.54, 1.807) is 24.3 Å². The van der Waals surface area contributed by atoms with Crippen molar-refractivity contribution in [1.29, 1.82) is 0 Å². The van der Waals surface area contributed by atoms with Crippen LogP contribution in [0.5, 0.6) is 0 Å². The highest BCUT2D eigenvalue weighted by Crippen LogP contribution is 2.35. The molecule has 3 aromatic rings. The molecule has 0 aliphatic carbocycles. The van der Waals surface area contributed by atoms with Gasteiger partial charge in [-0.15, -0.1) is 4.33 Å². The third-order valence-corrected chi connectivity index (χ3v) is 5.31. The van der Waals surface area contributed by atoms with Gasteiger partial charge < -0.3 is 0 Å². The summed E-state index contributed by atoms with van der Waals surface area (Å²) in [5, 5.41) is 11.7. The van der Waals surface area contributed by atoms with Gasteiger partial charge in [-0.1, -0.05) is 29.3 Å². The van der Waals surface area contributed by atoms with Crippen LogP contribution in [0.4, 0.5) is 8.78 Å². The smallest absolute Gasteiger partial charge is 0.282 e. The van der Waals surface area contributed by atoms with Gasteiger partial charge in [0.15, 0.2) is 11.6 Å². The molecule has 0 heterocycles. The first-order valence-electron chi connectivity index (χ1n) is 7.62. The van der Waals surface area contributed by atoms with Crippen LogP contribution in [-0.4, -0.2) is 18.2 Å². The standard InChI is InChI=1S/C18H12F2O6S2/c19-17-9-15(11-1-5-13(6-2-11)27-26-25-21)16(10-18(17)20)12-3-7-14(8-4-12)28(22,23)24/h1-10,21H,(H,22,23,24). The van der Waals surface area contributed by atoms with E-state index in [-0.39, 0.29) is 4.90 Å². The lowest BCUT2D eigenvalue weighted by molar-refractivity contribution is -0.432. The van der Waals surface area contributed by atoms with Crippen molar-refractivity contribution in [3.05, 3.63) is 72.3 Å². The lowest BCUT2D eigenvalue weighted by Gasteiger charge is -2.12. The highest BCUT2D eigenvalue weighted by atomic mass is 32.2. The Hall–Kier alpha value is -2.34. The van der Waals surface area contributed by atoms with E-state index in [1.807, 2.05) is 0 Å². The Morgan fingerprint density at radius 2 is 1.29 bits per heavy atom. The molecule has 0 saturated carbocycles. The molecule has 6 nitrogen and oxygen atoms in total. The average molecular weight is 426 g/mol. The number of rotatable bonds is 6. The minimum Gasteiger partial charge on any atom is -0.282 e.